The predicted octanol–water partition coefficient (Wildman–Crippen LogP) is 1.09. The maximum absolute atomic E-state index is 11.2. The van der Waals surface area contributed by atoms with Gasteiger partial charge in [-0.3, -0.25) is 14.9 Å². The van der Waals surface area contributed by atoms with Crippen LogP contribution in [0.2, 0.25) is 0 Å². The Hall–Kier alpha value is -0.860. The van der Waals surface area contributed by atoms with Gasteiger partial charge in [-0.1, -0.05) is 13.8 Å². The number of nitrogens with one attached hydrogen (secondary N) is 1. The molecule has 0 radical (unpaired) electrons. The van der Waals surface area contributed by atoms with Crippen LogP contribution < -0.4 is 5.32 Å². The van der Waals surface area contributed by atoms with Gasteiger partial charge in [0.2, 0.25) is 11.8 Å². The van der Waals surface area contributed by atoms with E-state index in [-0.39, 0.29) is 17.2 Å². The molecule has 1 saturated heterocycles. The fourth-order valence-electron chi connectivity index (χ4n) is 2.86. The van der Waals surface area contributed by atoms with E-state index in [9.17, 15) is 9.59 Å². The lowest BCUT2D eigenvalue weighted by molar-refractivity contribution is -0.148. The molecule has 2 aliphatic rings. The van der Waals surface area contributed by atoms with E-state index in [1.165, 1.54) is 0 Å². The van der Waals surface area contributed by atoms with Gasteiger partial charge in [-0.15, -0.1) is 0 Å². The normalized spacial score (nSPS) is 37.1. The summed E-state index contributed by atoms with van der Waals surface area (Å²) in [5, 5.41) is 2.36. The van der Waals surface area contributed by atoms with Crippen molar-refractivity contribution >= 4 is 11.8 Å². The lowest BCUT2D eigenvalue weighted by Gasteiger charge is -2.54. The quantitative estimate of drug-likeness (QED) is 0.568. The average molecular weight is 181 g/mol. The molecule has 13 heavy (non-hydrogen) atoms. The number of hydrogen-bond acceptors (Lipinski definition) is 2. The zero-order chi connectivity index (χ0) is 9.64. The molecular formula is C10H15NO2. The molecule has 2 atom stereocenters. The molecule has 1 spiro atoms. The van der Waals surface area contributed by atoms with Crippen LogP contribution in [-0.2, 0) is 9.59 Å². The summed E-state index contributed by atoms with van der Waals surface area (Å²) in [6, 6.07) is 0. The first kappa shape index (κ1) is 8.73. The number of amides is 2. The summed E-state index contributed by atoms with van der Waals surface area (Å²) >= 11 is 0. The third-order valence-electron chi connectivity index (χ3n) is 3.85. The predicted molar refractivity (Wildman–Crippen MR) is 47.8 cm³/mol. The number of imide groups is 1. The van der Waals surface area contributed by atoms with Crippen molar-refractivity contribution in [2.45, 2.75) is 33.1 Å². The van der Waals surface area contributed by atoms with Crippen LogP contribution in [0.3, 0.4) is 0 Å². The first-order valence-electron chi connectivity index (χ1n) is 4.86. The Morgan fingerprint density at radius 3 is 2.15 bits per heavy atom. The molecule has 0 aromatic carbocycles. The molecule has 1 aliphatic carbocycles. The Kier molecular flexibility index (Phi) is 1.72. The number of hydrogen-bond donors (Lipinski definition) is 1. The fourth-order valence-corrected chi connectivity index (χ4v) is 2.86. The van der Waals surface area contributed by atoms with Gasteiger partial charge in [-0.05, 0) is 23.7 Å². The van der Waals surface area contributed by atoms with Crippen molar-refractivity contribution in [2.24, 2.45) is 17.3 Å². The van der Waals surface area contributed by atoms with Crippen LogP contribution in [0.25, 0.3) is 0 Å². The van der Waals surface area contributed by atoms with Gasteiger partial charge in [0.05, 0.1) is 0 Å². The van der Waals surface area contributed by atoms with Crippen LogP contribution in [0.1, 0.15) is 33.1 Å². The zero-order valence-electron chi connectivity index (χ0n) is 8.09. The molecule has 2 unspecified atom stereocenters. The first-order chi connectivity index (χ1) is 6.03. The van der Waals surface area contributed by atoms with Crippen LogP contribution >= 0.6 is 0 Å². The summed E-state index contributed by atoms with van der Waals surface area (Å²) in [5.41, 5.74) is 0.0127. The Morgan fingerprint density at radius 1 is 1.23 bits per heavy atom. The van der Waals surface area contributed by atoms with Gasteiger partial charge in [0, 0.05) is 12.8 Å². The summed E-state index contributed by atoms with van der Waals surface area (Å²) in [4.78, 5) is 22.4. The second kappa shape index (κ2) is 2.56. The lowest BCUT2D eigenvalue weighted by Crippen LogP contribution is -2.55. The topological polar surface area (TPSA) is 46.2 Å². The monoisotopic (exact) mass is 181 g/mol. The van der Waals surface area contributed by atoms with E-state index < -0.39 is 0 Å². The molecule has 3 heteroatoms. The minimum Gasteiger partial charge on any atom is -0.296 e. The van der Waals surface area contributed by atoms with Crippen molar-refractivity contribution in [2.75, 3.05) is 0 Å². The van der Waals surface area contributed by atoms with Crippen LogP contribution in [0.4, 0.5) is 0 Å². The maximum atomic E-state index is 11.2. The molecular weight excluding hydrogens is 166 g/mol. The Balaban J connectivity index is 2.15. The van der Waals surface area contributed by atoms with Crippen LogP contribution in [-0.4, -0.2) is 11.8 Å². The number of piperidine rings is 1. The van der Waals surface area contributed by atoms with E-state index in [0.717, 1.165) is 6.42 Å². The van der Waals surface area contributed by atoms with E-state index in [1.807, 2.05) is 0 Å². The highest BCUT2D eigenvalue weighted by Gasteiger charge is 2.53. The molecule has 2 amide bonds. The Morgan fingerprint density at radius 2 is 1.77 bits per heavy atom. The van der Waals surface area contributed by atoms with E-state index in [2.05, 4.69) is 19.2 Å². The van der Waals surface area contributed by atoms with Gasteiger partial charge in [-0.2, -0.15) is 0 Å². The summed E-state index contributed by atoms with van der Waals surface area (Å²) in [5.74, 6) is 1.01. The van der Waals surface area contributed by atoms with Crippen molar-refractivity contribution in [3.05, 3.63) is 0 Å². The molecule has 1 heterocycles. The Labute approximate surface area is 77.9 Å². The number of carbonyl (C=O) groups is 2. The lowest BCUT2D eigenvalue weighted by atomic mass is 9.51. The minimum atomic E-state index is -0.0880. The summed E-state index contributed by atoms with van der Waals surface area (Å²) in [6.07, 6.45) is 2.13. The summed E-state index contributed by atoms with van der Waals surface area (Å²) < 4.78 is 0. The largest absolute Gasteiger partial charge is 0.296 e. The third-order valence-corrected chi connectivity index (χ3v) is 3.85. The van der Waals surface area contributed by atoms with Crippen molar-refractivity contribution in [3.63, 3.8) is 0 Å². The van der Waals surface area contributed by atoms with E-state index in [4.69, 9.17) is 0 Å². The van der Waals surface area contributed by atoms with Crippen LogP contribution in [0.15, 0.2) is 0 Å². The molecule has 0 bridgehead atoms. The second-order valence-corrected chi connectivity index (χ2v) is 4.66. The molecule has 72 valence electrons. The van der Waals surface area contributed by atoms with Gasteiger partial charge in [0.15, 0.2) is 0 Å². The van der Waals surface area contributed by atoms with Crippen LogP contribution in [0.5, 0.6) is 0 Å². The van der Waals surface area contributed by atoms with Gasteiger partial charge < -0.3 is 0 Å². The molecule has 0 aromatic rings. The molecule has 3 nitrogen and oxygen atoms in total. The maximum Gasteiger partial charge on any atom is 0.227 e. The highest BCUT2D eigenvalue weighted by molar-refractivity contribution is 5.98. The highest BCUT2D eigenvalue weighted by atomic mass is 16.2. The fraction of sp³-hybridized carbons (Fsp3) is 0.800. The molecule has 1 aliphatic heterocycles. The van der Waals surface area contributed by atoms with Gasteiger partial charge >= 0.3 is 0 Å². The van der Waals surface area contributed by atoms with Crippen molar-refractivity contribution in [1.82, 2.24) is 5.32 Å². The van der Waals surface area contributed by atoms with E-state index in [1.54, 1.807) is 0 Å². The van der Waals surface area contributed by atoms with Crippen molar-refractivity contribution in [3.8, 4) is 0 Å². The minimum absolute atomic E-state index is 0.0127. The molecule has 2 rings (SSSR count). The zero-order valence-corrected chi connectivity index (χ0v) is 8.09. The van der Waals surface area contributed by atoms with Crippen LogP contribution in [0, 0.1) is 17.3 Å². The molecule has 1 saturated carbocycles. The second-order valence-electron chi connectivity index (χ2n) is 4.66. The third kappa shape index (κ3) is 1.18. The summed E-state index contributed by atoms with van der Waals surface area (Å²) in [7, 11) is 0. The highest BCUT2D eigenvalue weighted by Crippen LogP contribution is 2.56. The van der Waals surface area contributed by atoms with Crippen molar-refractivity contribution in [1.29, 1.82) is 0 Å². The SMILES string of the molecule is CC1CC2(CC(=O)NC(=O)C2)C1C. The molecule has 1 N–H and O–H groups in total. The average Bonchev–Trinajstić information content (AvgIpc) is 2.02. The van der Waals surface area contributed by atoms with Gasteiger partial charge in [-0.25, -0.2) is 0 Å². The number of carbonyl (C=O) groups excluding carboxylic acids is 2. The van der Waals surface area contributed by atoms with Gasteiger partial charge in [0.25, 0.3) is 0 Å². The van der Waals surface area contributed by atoms with E-state index in [0.29, 0.717) is 24.7 Å². The van der Waals surface area contributed by atoms with E-state index >= 15 is 0 Å². The smallest absolute Gasteiger partial charge is 0.227 e. The molecule has 2 fully saturated rings. The first-order valence-corrected chi connectivity index (χ1v) is 4.86. The van der Waals surface area contributed by atoms with Gasteiger partial charge in [0.1, 0.15) is 0 Å². The standard InChI is InChI=1S/C10H15NO2/c1-6-3-10(7(6)2)4-8(12)11-9(13)5-10/h6-7H,3-5H2,1-2H3,(H,11,12,13). The molecule has 0 aromatic heterocycles. The Bertz CT molecular complexity index is 256. The number of rotatable bonds is 0. The van der Waals surface area contributed by atoms with Crippen molar-refractivity contribution < 1.29 is 9.59 Å². The summed E-state index contributed by atoms with van der Waals surface area (Å²) in [6.45, 7) is 4.34.